The summed E-state index contributed by atoms with van der Waals surface area (Å²) in [5.41, 5.74) is 2.40. The van der Waals surface area contributed by atoms with Crippen LogP contribution in [0.15, 0.2) is 88.1 Å². The van der Waals surface area contributed by atoms with Crippen molar-refractivity contribution < 1.29 is 13.9 Å². The summed E-state index contributed by atoms with van der Waals surface area (Å²) in [4.78, 5) is 14.8. The van der Waals surface area contributed by atoms with Gasteiger partial charge in [-0.2, -0.15) is 0 Å². The second kappa shape index (κ2) is 8.05. The summed E-state index contributed by atoms with van der Waals surface area (Å²) in [5, 5.41) is 0.578. The Morgan fingerprint density at radius 3 is 2.30 bits per heavy atom. The fourth-order valence-corrected chi connectivity index (χ4v) is 3.66. The fourth-order valence-electron chi connectivity index (χ4n) is 3.66. The first-order valence-corrected chi connectivity index (χ1v) is 10.0. The minimum absolute atomic E-state index is 0.0383. The second-order valence-corrected chi connectivity index (χ2v) is 7.17. The minimum Gasteiger partial charge on any atom is -0.457 e. The van der Waals surface area contributed by atoms with Gasteiger partial charge in [0, 0.05) is 24.7 Å². The zero-order valence-corrected chi connectivity index (χ0v) is 16.4. The molecule has 1 aromatic heterocycles. The molecule has 0 amide bonds. The van der Waals surface area contributed by atoms with Crippen LogP contribution in [0.4, 0.5) is 5.88 Å². The number of para-hydroxylation sites is 2. The summed E-state index contributed by atoms with van der Waals surface area (Å²) in [6, 6.07) is 24.7. The normalized spacial score (nSPS) is 14.1. The molecule has 1 aliphatic heterocycles. The third-order valence-corrected chi connectivity index (χ3v) is 5.21. The predicted molar refractivity (Wildman–Crippen MR) is 117 cm³/mol. The van der Waals surface area contributed by atoms with E-state index in [-0.39, 0.29) is 5.43 Å². The van der Waals surface area contributed by atoms with Gasteiger partial charge in [0.05, 0.1) is 18.6 Å². The van der Waals surface area contributed by atoms with Gasteiger partial charge in [0.25, 0.3) is 0 Å². The highest BCUT2D eigenvalue weighted by atomic mass is 16.5. The Bertz CT molecular complexity index is 1210. The minimum atomic E-state index is -0.0383. The van der Waals surface area contributed by atoms with E-state index in [4.69, 9.17) is 13.9 Å². The Balaban J connectivity index is 1.52. The molecule has 0 unspecified atom stereocenters. The molecular formula is C25H21NO4. The Hall–Kier alpha value is -3.57. The van der Waals surface area contributed by atoms with Crippen molar-refractivity contribution in [1.29, 1.82) is 0 Å². The van der Waals surface area contributed by atoms with Crippen molar-refractivity contribution in [2.24, 2.45) is 0 Å². The topological polar surface area (TPSA) is 51.9 Å². The van der Waals surface area contributed by atoms with Gasteiger partial charge in [0.2, 0.25) is 0 Å². The van der Waals surface area contributed by atoms with Crippen molar-refractivity contribution in [2.75, 3.05) is 31.2 Å². The van der Waals surface area contributed by atoms with E-state index in [1.165, 1.54) is 0 Å². The first-order valence-electron chi connectivity index (χ1n) is 10.0. The van der Waals surface area contributed by atoms with Gasteiger partial charge in [-0.05, 0) is 35.9 Å². The first-order chi connectivity index (χ1) is 14.8. The Morgan fingerprint density at radius 2 is 1.53 bits per heavy atom. The van der Waals surface area contributed by atoms with Crippen LogP contribution in [0.1, 0.15) is 0 Å². The van der Waals surface area contributed by atoms with Gasteiger partial charge < -0.3 is 18.8 Å². The van der Waals surface area contributed by atoms with Gasteiger partial charge >= 0.3 is 0 Å². The molecule has 0 radical (unpaired) electrons. The smallest absolute Gasteiger partial charge is 0.200 e. The number of benzene rings is 3. The van der Waals surface area contributed by atoms with E-state index in [9.17, 15) is 4.79 Å². The molecule has 0 saturated carbocycles. The molecule has 4 aromatic rings. The molecule has 0 aliphatic carbocycles. The number of morpholine rings is 1. The molecule has 30 heavy (non-hydrogen) atoms. The zero-order valence-electron chi connectivity index (χ0n) is 16.4. The molecule has 1 fully saturated rings. The van der Waals surface area contributed by atoms with Gasteiger partial charge in [0.1, 0.15) is 17.1 Å². The van der Waals surface area contributed by atoms with Crippen molar-refractivity contribution in [3.63, 3.8) is 0 Å². The molecule has 0 N–H and O–H groups in total. The number of fused-ring (bicyclic) bond motifs is 1. The summed E-state index contributed by atoms with van der Waals surface area (Å²) >= 11 is 0. The van der Waals surface area contributed by atoms with Crippen molar-refractivity contribution in [1.82, 2.24) is 0 Å². The van der Waals surface area contributed by atoms with Crippen LogP contribution in [0.5, 0.6) is 11.5 Å². The molecule has 5 nitrogen and oxygen atoms in total. The van der Waals surface area contributed by atoms with E-state index < -0.39 is 0 Å². The predicted octanol–water partition coefficient (Wildman–Crippen LogP) is 5.09. The molecule has 5 heteroatoms. The van der Waals surface area contributed by atoms with Gasteiger partial charge in [-0.1, -0.05) is 42.5 Å². The van der Waals surface area contributed by atoms with Crippen molar-refractivity contribution in [2.45, 2.75) is 0 Å². The van der Waals surface area contributed by atoms with E-state index in [0.29, 0.717) is 43.2 Å². The summed E-state index contributed by atoms with van der Waals surface area (Å²) in [6.07, 6.45) is 0. The quantitative estimate of drug-likeness (QED) is 0.478. The summed E-state index contributed by atoms with van der Waals surface area (Å²) in [7, 11) is 0. The number of nitrogens with zero attached hydrogens (tertiary/aromatic N) is 1. The Labute approximate surface area is 174 Å². The molecule has 150 valence electrons. The van der Waals surface area contributed by atoms with Crippen LogP contribution in [0.25, 0.3) is 22.1 Å². The second-order valence-electron chi connectivity index (χ2n) is 7.17. The molecule has 5 rings (SSSR count). The lowest BCUT2D eigenvalue weighted by Gasteiger charge is -2.27. The average molecular weight is 399 g/mol. The molecule has 0 spiro atoms. The lowest BCUT2D eigenvalue weighted by atomic mass is 10.0. The van der Waals surface area contributed by atoms with Crippen LogP contribution in [0.2, 0.25) is 0 Å². The molecule has 2 heterocycles. The van der Waals surface area contributed by atoms with Crippen LogP contribution in [0.3, 0.4) is 0 Å². The zero-order chi connectivity index (χ0) is 20.3. The van der Waals surface area contributed by atoms with Crippen molar-refractivity contribution in [3.05, 3.63) is 89.1 Å². The number of rotatable bonds is 4. The third-order valence-electron chi connectivity index (χ3n) is 5.21. The maximum atomic E-state index is 12.7. The molecule has 1 saturated heterocycles. The molecular weight excluding hydrogens is 378 g/mol. The van der Waals surface area contributed by atoms with Crippen LogP contribution < -0.4 is 15.1 Å². The number of ether oxygens (including phenoxy) is 2. The highest BCUT2D eigenvalue weighted by Crippen LogP contribution is 2.32. The molecule has 0 bridgehead atoms. The fraction of sp³-hybridized carbons (Fsp3) is 0.160. The SMILES string of the molecule is O=c1cc(N2CCOCC2)oc2c(-c3ccc(Oc4ccccc4)cc3)cccc12. The molecule has 1 aliphatic rings. The number of anilines is 1. The van der Waals surface area contributed by atoms with E-state index >= 15 is 0 Å². The van der Waals surface area contributed by atoms with E-state index in [1.54, 1.807) is 12.1 Å². The summed E-state index contributed by atoms with van der Waals surface area (Å²) in [5.74, 6) is 2.13. The van der Waals surface area contributed by atoms with Gasteiger partial charge in [-0.15, -0.1) is 0 Å². The van der Waals surface area contributed by atoms with Gasteiger partial charge in [-0.25, -0.2) is 0 Å². The standard InChI is InChI=1S/C25H21NO4/c27-23-17-24(26-13-15-28-16-14-26)30-25-21(7-4-8-22(23)25)18-9-11-20(12-10-18)29-19-5-2-1-3-6-19/h1-12,17H,13-16H2. The van der Waals surface area contributed by atoms with Crippen LogP contribution in [-0.2, 0) is 4.74 Å². The van der Waals surface area contributed by atoms with Crippen molar-refractivity contribution >= 4 is 16.9 Å². The molecule has 0 atom stereocenters. The Morgan fingerprint density at radius 1 is 0.800 bits per heavy atom. The van der Waals surface area contributed by atoms with Gasteiger partial charge in [-0.3, -0.25) is 4.79 Å². The summed E-state index contributed by atoms with van der Waals surface area (Å²) in [6.45, 7) is 2.68. The summed E-state index contributed by atoms with van der Waals surface area (Å²) < 4.78 is 17.5. The highest BCUT2D eigenvalue weighted by Gasteiger charge is 2.17. The lowest BCUT2D eigenvalue weighted by Crippen LogP contribution is -2.36. The lowest BCUT2D eigenvalue weighted by molar-refractivity contribution is 0.121. The van der Waals surface area contributed by atoms with Crippen molar-refractivity contribution in [3.8, 4) is 22.6 Å². The van der Waals surface area contributed by atoms with Crippen LogP contribution >= 0.6 is 0 Å². The Kier molecular flexibility index (Phi) is 4.95. The molecule has 3 aromatic carbocycles. The highest BCUT2D eigenvalue weighted by molar-refractivity contribution is 5.92. The maximum absolute atomic E-state index is 12.7. The van der Waals surface area contributed by atoms with E-state index in [1.807, 2.05) is 66.7 Å². The van der Waals surface area contributed by atoms with E-state index in [0.717, 1.165) is 22.6 Å². The number of hydrogen-bond acceptors (Lipinski definition) is 5. The van der Waals surface area contributed by atoms with Gasteiger partial charge in [0.15, 0.2) is 11.3 Å². The van der Waals surface area contributed by atoms with Crippen LogP contribution in [0, 0.1) is 0 Å². The number of hydrogen-bond donors (Lipinski definition) is 0. The first kappa shape index (κ1) is 18.5. The average Bonchev–Trinajstić information content (AvgIpc) is 2.81. The monoisotopic (exact) mass is 399 g/mol. The third kappa shape index (κ3) is 3.67. The van der Waals surface area contributed by atoms with Crippen LogP contribution in [-0.4, -0.2) is 26.3 Å². The maximum Gasteiger partial charge on any atom is 0.200 e. The van der Waals surface area contributed by atoms with E-state index in [2.05, 4.69) is 4.90 Å². The largest absolute Gasteiger partial charge is 0.457 e.